The van der Waals surface area contributed by atoms with Crippen LogP contribution >= 0.6 is 27.7 Å². The Hall–Kier alpha value is -2.72. The van der Waals surface area contributed by atoms with Crippen molar-refractivity contribution >= 4 is 45.2 Å². The highest BCUT2D eigenvalue weighted by molar-refractivity contribution is 9.10. The van der Waals surface area contributed by atoms with Gasteiger partial charge in [0.15, 0.2) is 11.0 Å². The molecule has 0 fully saturated rings. The van der Waals surface area contributed by atoms with Crippen molar-refractivity contribution in [1.29, 1.82) is 0 Å². The lowest BCUT2D eigenvalue weighted by Gasteiger charge is -2.21. The highest BCUT2D eigenvalue weighted by Gasteiger charge is 2.25. The van der Waals surface area contributed by atoms with Crippen molar-refractivity contribution in [3.63, 3.8) is 0 Å². The fourth-order valence-electron chi connectivity index (χ4n) is 3.17. The summed E-state index contributed by atoms with van der Waals surface area (Å²) in [4.78, 5) is 25.1. The average Bonchev–Trinajstić information content (AvgIpc) is 3.12. The third-order valence-electron chi connectivity index (χ3n) is 4.92. The molecule has 10 heteroatoms. The van der Waals surface area contributed by atoms with Crippen LogP contribution in [-0.2, 0) is 11.8 Å². The van der Waals surface area contributed by atoms with Crippen LogP contribution in [0, 0.1) is 18.7 Å². The number of benzene rings is 2. The molecule has 3 aromatic rings. The van der Waals surface area contributed by atoms with Gasteiger partial charge in [-0.1, -0.05) is 59.2 Å². The number of hydrogen-bond donors (Lipinski definition) is 2. The Morgan fingerprint density at radius 1 is 1.18 bits per heavy atom. The molecule has 3 rings (SSSR count). The Labute approximate surface area is 204 Å². The third-order valence-corrected chi connectivity index (χ3v) is 6.43. The molecule has 2 N–H and O–H groups in total. The second kappa shape index (κ2) is 10.9. The summed E-state index contributed by atoms with van der Waals surface area (Å²) in [6, 6.07) is 11.4. The Morgan fingerprint density at radius 2 is 1.94 bits per heavy atom. The van der Waals surface area contributed by atoms with E-state index in [0.29, 0.717) is 21.0 Å². The van der Waals surface area contributed by atoms with E-state index >= 15 is 0 Å². The summed E-state index contributed by atoms with van der Waals surface area (Å²) in [7, 11) is 1.79. The van der Waals surface area contributed by atoms with Crippen LogP contribution in [0.15, 0.2) is 52.1 Å². The number of amides is 2. The molecule has 0 saturated heterocycles. The quantitative estimate of drug-likeness (QED) is 0.402. The number of aryl methyl sites for hydroxylation is 1. The number of halogens is 2. The molecule has 33 heavy (non-hydrogen) atoms. The summed E-state index contributed by atoms with van der Waals surface area (Å²) < 4.78 is 16.3. The Bertz CT molecular complexity index is 1170. The number of nitrogens with one attached hydrogen (secondary N) is 2. The Balaban J connectivity index is 1.67. The van der Waals surface area contributed by atoms with E-state index in [-0.39, 0.29) is 35.2 Å². The summed E-state index contributed by atoms with van der Waals surface area (Å²) in [6.07, 6.45) is 0. The van der Waals surface area contributed by atoms with Crippen LogP contribution in [0.4, 0.5) is 10.1 Å². The van der Waals surface area contributed by atoms with Gasteiger partial charge in [0.25, 0.3) is 5.91 Å². The standard InChI is InChI=1S/C23H25BrFN5O2S/c1-13(2)20(27-22(32)15-7-5-6-14(3)10-15)21-28-29-23(30(21)4)33-12-19(31)26-18-9-8-16(24)11-17(18)25/h5-11,13,20H,12H2,1-4H3,(H,26,31)(H,27,32). The lowest BCUT2D eigenvalue weighted by molar-refractivity contribution is -0.113. The van der Waals surface area contributed by atoms with Crippen LogP contribution in [-0.4, -0.2) is 32.3 Å². The molecule has 0 aliphatic heterocycles. The molecule has 1 unspecified atom stereocenters. The zero-order valence-electron chi connectivity index (χ0n) is 18.7. The van der Waals surface area contributed by atoms with Crippen molar-refractivity contribution in [2.24, 2.45) is 13.0 Å². The maximum absolute atomic E-state index is 13.9. The van der Waals surface area contributed by atoms with Crippen LogP contribution in [0.5, 0.6) is 0 Å². The van der Waals surface area contributed by atoms with Gasteiger partial charge in [0.05, 0.1) is 17.5 Å². The molecule has 0 saturated carbocycles. The predicted molar refractivity (Wildman–Crippen MR) is 131 cm³/mol. The summed E-state index contributed by atoms with van der Waals surface area (Å²) in [5.74, 6) is -0.392. The summed E-state index contributed by atoms with van der Waals surface area (Å²) in [5.41, 5.74) is 1.69. The summed E-state index contributed by atoms with van der Waals surface area (Å²) in [6.45, 7) is 5.91. The van der Waals surface area contributed by atoms with Crippen LogP contribution in [0.2, 0.25) is 0 Å². The first-order valence-corrected chi connectivity index (χ1v) is 12.1. The van der Waals surface area contributed by atoms with Crippen molar-refractivity contribution < 1.29 is 14.0 Å². The molecular formula is C23H25BrFN5O2S. The number of nitrogens with zero attached hydrogens (tertiary/aromatic N) is 3. The number of aromatic nitrogens is 3. The summed E-state index contributed by atoms with van der Waals surface area (Å²) in [5, 5.41) is 14.6. The smallest absolute Gasteiger partial charge is 0.251 e. The highest BCUT2D eigenvalue weighted by Crippen LogP contribution is 2.25. The van der Waals surface area contributed by atoms with E-state index in [4.69, 9.17) is 0 Å². The number of rotatable bonds is 8. The monoisotopic (exact) mass is 533 g/mol. The van der Waals surface area contributed by atoms with E-state index in [2.05, 4.69) is 36.8 Å². The van der Waals surface area contributed by atoms with Gasteiger partial charge in [0, 0.05) is 17.1 Å². The third kappa shape index (κ3) is 6.42. The van der Waals surface area contributed by atoms with Gasteiger partial charge in [0.1, 0.15) is 5.82 Å². The minimum Gasteiger partial charge on any atom is -0.342 e. The van der Waals surface area contributed by atoms with Gasteiger partial charge in [-0.2, -0.15) is 0 Å². The first kappa shape index (κ1) is 24.9. The first-order chi connectivity index (χ1) is 15.7. The SMILES string of the molecule is Cc1cccc(C(=O)NC(c2nnc(SCC(=O)Nc3ccc(Br)cc3F)n2C)C(C)C)c1. The van der Waals surface area contributed by atoms with E-state index < -0.39 is 5.82 Å². The first-order valence-electron chi connectivity index (χ1n) is 10.3. The molecule has 0 spiro atoms. The van der Waals surface area contributed by atoms with E-state index in [1.54, 1.807) is 23.7 Å². The molecule has 2 aromatic carbocycles. The zero-order chi connectivity index (χ0) is 24.1. The molecule has 1 atom stereocenters. The second-order valence-corrected chi connectivity index (χ2v) is 9.78. The molecule has 1 aromatic heterocycles. The highest BCUT2D eigenvalue weighted by atomic mass is 79.9. The van der Waals surface area contributed by atoms with Crippen molar-refractivity contribution in [2.75, 3.05) is 11.1 Å². The number of thioether (sulfide) groups is 1. The molecule has 0 aliphatic carbocycles. The Morgan fingerprint density at radius 3 is 2.61 bits per heavy atom. The summed E-state index contributed by atoms with van der Waals surface area (Å²) >= 11 is 4.37. The molecule has 2 amide bonds. The largest absolute Gasteiger partial charge is 0.342 e. The topological polar surface area (TPSA) is 88.9 Å². The van der Waals surface area contributed by atoms with Gasteiger partial charge >= 0.3 is 0 Å². The number of hydrogen-bond acceptors (Lipinski definition) is 5. The number of carbonyl (C=O) groups excluding carboxylic acids is 2. The second-order valence-electron chi connectivity index (χ2n) is 7.93. The van der Waals surface area contributed by atoms with Gasteiger partial charge in [-0.15, -0.1) is 10.2 Å². The fraction of sp³-hybridized carbons (Fsp3) is 0.304. The molecule has 0 bridgehead atoms. The average molecular weight is 534 g/mol. The van der Waals surface area contributed by atoms with Gasteiger partial charge in [-0.05, 0) is 43.2 Å². The van der Waals surface area contributed by atoms with E-state index in [9.17, 15) is 14.0 Å². The van der Waals surface area contributed by atoms with Gasteiger partial charge in [-0.3, -0.25) is 9.59 Å². The number of carbonyl (C=O) groups is 2. The van der Waals surface area contributed by atoms with Gasteiger partial charge in [0.2, 0.25) is 5.91 Å². The lowest BCUT2D eigenvalue weighted by atomic mass is 10.0. The van der Waals surface area contributed by atoms with E-state index in [1.807, 2.05) is 39.0 Å². The molecule has 174 valence electrons. The van der Waals surface area contributed by atoms with Crippen LogP contribution in [0.25, 0.3) is 0 Å². The van der Waals surface area contributed by atoms with Crippen LogP contribution < -0.4 is 10.6 Å². The molecule has 7 nitrogen and oxygen atoms in total. The molecule has 0 radical (unpaired) electrons. The van der Waals surface area contributed by atoms with E-state index in [1.165, 1.54) is 23.9 Å². The number of anilines is 1. The minimum absolute atomic E-state index is 0.0312. The molecule has 1 heterocycles. The van der Waals surface area contributed by atoms with Gasteiger partial charge < -0.3 is 15.2 Å². The molecule has 0 aliphatic rings. The predicted octanol–water partition coefficient (Wildman–Crippen LogP) is 4.88. The van der Waals surface area contributed by atoms with Crippen molar-refractivity contribution in [3.05, 3.63) is 69.7 Å². The van der Waals surface area contributed by atoms with Crippen molar-refractivity contribution in [1.82, 2.24) is 20.1 Å². The van der Waals surface area contributed by atoms with E-state index in [0.717, 1.165) is 5.56 Å². The fourth-order valence-corrected chi connectivity index (χ4v) is 4.22. The Kier molecular flexibility index (Phi) is 8.25. The lowest BCUT2D eigenvalue weighted by Crippen LogP contribution is -2.33. The zero-order valence-corrected chi connectivity index (χ0v) is 21.1. The normalized spacial score (nSPS) is 12.0. The molecular weight excluding hydrogens is 509 g/mol. The van der Waals surface area contributed by atoms with Crippen molar-refractivity contribution in [3.8, 4) is 0 Å². The van der Waals surface area contributed by atoms with Crippen LogP contribution in [0.1, 0.15) is 41.6 Å². The maximum atomic E-state index is 13.9. The van der Waals surface area contributed by atoms with Crippen LogP contribution in [0.3, 0.4) is 0 Å². The maximum Gasteiger partial charge on any atom is 0.251 e. The minimum atomic E-state index is -0.521. The van der Waals surface area contributed by atoms with Crippen molar-refractivity contribution in [2.45, 2.75) is 32.0 Å². The van der Waals surface area contributed by atoms with Gasteiger partial charge in [-0.25, -0.2) is 4.39 Å².